The molecule has 1 heterocycles. The predicted octanol–water partition coefficient (Wildman–Crippen LogP) is 0.188. The van der Waals surface area contributed by atoms with Crippen LogP contribution in [0.15, 0.2) is 28.8 Å². The van der Waals surface area contributed by atoms with E-state index in [9.17, 15) is 0 Å². The third-order valence-electron chi connectivity index (χ3n) is 1.11. The van der Waals surface area contributed by atoms with Gasteiger partial charge in [-0.05, 0) is 6.92 Å². The van der Waals surface area contributed by atoms with Crippen molar-refractivity contribution in [3.63, 3.8) is 0 Å². The maximum absolute atomic E-state index is 5.51. The topological polar surface area (TPSA) is 76.5 Å². The third kappa shape index (κ3) is 2.12. The highest BCUT2D eigenvalue weighted by Gasteiger charge is 1.96. The number of hydrogen-bond donors (Lipinski definition) is 1. The average molecular weight is 163 g/mol. The summed E-state index contributed by atoms with van der Waals surface area (Å²) in [7, 11) is 0. The normalized spacial score (nSPS) is 12.2. The minimum atomic E-state index is 0.265. The van der Waals surface area contributed by atoms with E-state index < -0.39 is 0 Å². The maximum atomic E-state index is 5.51. The Morgan fingerprint density at radius 3 is 3.00 bits per heavy atom. The highest BCUT2D eigenvalue weighted by Crippen LogP contribution is 1.89. The van der Waals surface area contributed by atoms with Crippen LogP contribution in [0.3, 0.4) is 0 Å². The van der Waals surface area contributed by atoms with Crippen LogP contribution in [0.5, 0.6) is 0 Å². The van der Waals surface area contributed by atoms with Gasteiger partial charge in [0.1, 0.15) is 5.69 Å². The van der Waals surface area contributed by atoms with Crippen molar-refractivity contribution in [1.82, 2.24) is 9.97 Å². The molecule has 0 amide bonds. The Bertz CT molecular complexity index is 290. The number of amidine groups is 1. The lowest BCUT2D eigenvalue weighted by Gasteiger charge is -1.93. The molecule has 1 aromatic rings. The third-order valence-corrected chi connectivity index (χ3v) is 1.11. The quantitative estimate of drug-likeness (QED) is 0.384. The van der Waals surface area contributed by atoms with Crippen molar-refractivity contribution in [3.05, 3.63) is 24.3 Å². The van der Waals surface area contributed by atoms with Gasteiger partial charge in [0.2, 0.25) is 0 Å². The molecule has 0 fully saturated rings. The molecule has 0 aromatic carbocycles. The van der Waals surface area contributed by atoms with Gasteiger partial charge in [0.15, 0.2) is 5.84 Å². The molecule has 0 aliphatic carbocycles. The minimum Gasteiger partial charge on any atom is -0.380 e. The first-order valence-electron chi connectivity index (χ1n) is 3.42. The van der Waals surface area contributed by atoms with E-state index in [0.29, 0.717) is 5.69 Å². The van der Waals surface area contributed by atoms with Crippen LogP contribution < -0.4 is 5.73 Å². The molecule has 62 valence electrons. The molecule has 0 spiro atoms. The fraction of sp³-hybridized carbons (Fsp3) is 0.143. The highest BCUT2D eigenvalue weighted by molar-refractivity contribution is 5.95. The summed E-state index contributed by atoms with van der Waals surface area (Å²) in [6, 6.07) is 0. The fourth-order valence-corrected chi connectivity index (χ4v) is 0.603. The smallest absolute Gasteiger partial charge is 0.173 e. The van der Waals surface area contributed by atoms with E-state index in [0.717, 1.165) is 0 Å². The largest absolute Gasteiger partial charge is 0.380 e. The van der Waals surface area contributed by atoms with Gasteiger partial charge in [-0.15, -0.1) is 5.10 Å². The lowest BCUT2D eigenvalue weighted by Crippen LogP contribution is -2.14. The highest BCUT2D eigenvalue weighted by atomic mass is 15.2. The Hall–Kier alpha value is -1.78. The van der Waals surface area contributed by atoms with E-state index in [-0.39, 0.29) is 5.84 Å². The second kappa shape index (κ2) is 4.17. The molecule has 0 unspecified atom stereocenters. The van der Waals surface area contributed by atoms with Crippen molar-refractivity contribution >= 4 is 12.1 Å². The van der Waals surface area contributed by atoms with E-state index in [1.54, 1.807) is 25.5 Å². The molecule has 5 nitrogen and oxygen atoms in total. The van der Waals surface area contributed by atoms with Crippen LogP contribution in [0.25, 0.3) is 0 Å². The predicted molar refractivity (Wildman–Crippen MR) is 46.9 cm³/mol. The molecule has 1 rings (SSSR count). The molecule has 0 radical (unpaired) electrons. The van der Waals surface area contributed by atoms with Gasteiger partial charge in [-0.2, -0.15) is 5.10 Å². The van der Waals surface area contributed by atoms with E-state index >= 15 is 0 Å². The van der Waals surface area contributed by atoms with Gasteiger partial charge < -0.3 is 5.73 Å². The molecular weight excluding hydrogens is 154 g/mol. The molecule has 12 heavy (non-hydrogen) atoms. The number of hydrogen-bond acceptors (Lipinski definition) is 4. The standard InChI is InChI=1S/C7H9N5/c1-2-11-12-7(8)6-5-9-3-4-10-6/h2-5H,1H3,(H2,8,12)/b11-2+. The van der Waals surface area contributed by atoms with Crippen LogP contribution in [0.4, 0.5) is 0 Å². The lowest BCUT2D eigenvalue weighted by molar-refractivity contribution is 1.14. The van der Waals surface area contributed by atoms with E-state index in [1.807, 2.05) is 0 Å². The second-order valence-electron chi connectivity index (χ2n) is 1.95. The lowest BCUT2D eigenvalue weighted by atomic mass is 10.4. The zero-order chi connectivity index (χ0) is 8.81. The van der Waals surface area contributed by atoms with Crippen LogP contribution in [-0.4, -0.2) is 22.0 Å². The van der Waals surface area contributed by atoms with Crippen LogP contribution in [0.2, 0.25) is 0 Å². The van der Waals surface area contributed by atoms with E-state index in [4.69, 9.17) is 5.73 Å². The van der Waals surface area contributed by atoms with Crippen molar-refractivity contribution < 1.29 is 0 Å². The van der Waals surface area contributed by atoms with Gasteiger partial charge in [0.05, 0.1) is 6.20 Å². The Morgan fingerprint density at radius 2 is 2.42 bits per heavy atom. The number of rotatable bonds is 2. The summed E-state index contributed by atoms with van der Waals surface area (Å²) in [5.41, 5.74) is 6.05. The summed E-state index contributed by atoms with van der Waals surface area (Å²) in [5, 5.41) is 7.29. The maximum Gasteiger partial charge on any atom is 0.173 e. The van der Waals surface area contributed by atoms with Gasteiger partial charge in [-0.3, -0.25) is 4.98 Å². The number of aromatic nitrogens is 2. The first-order chi connectivity index (χ1) is 5.84. The van der Waals surface area contributed by atoms with Gasteiger partial charge in [0, 0.05) is 18.6 Å². The molecule has 0 saturated heterocycles. The molecule has 0 saturated carbocycles. The van der Waals surface area contributed by atoms with Crippen LogP contribution in [0.1, 0.15) is 12.6 Å². The minimum absolute atomic E-state index is 0.265. The zero-order valence-corrected chi connectivity index (χ0v) is 6.68. The molecule has 0 bridgehead atoms. The fourth-order valence-electron chi connectivity index (χ4n) is 0.603. The van der Waals surface area contributed by atoms with Crippen LogP contribution in [0, 0.1) is 0 Å². The molecule has 1 aromatic heterocycles. The van der Waals surface area contributed by atoms with Crippen molar-refractivity contribution in [3.8, 4) is 0 Å². The molecule has 5 heteroatoms. The summed E-state index contributed by atoms with van der Waals surface area (Å²) in [5.74, 6) is 0.265. The Labute approximate surface area is 70.1 Å². The summed E-state index contributed by atoms with van der Waals surface area (Å²) >= 11 is 0. The molecule has 0 aliphatic rings. The summed E-state index contributed by atoms with van der Waals surface area (Å²) < 4.78 is 0. The summed E-state index contributed by atoms with van der Waals surface area (Å²) in [4.78, 5) is 7.78. The van der Waals surface area contributed by atoms with Crippen molar-refractivity contribution in [2.75, 3.05) is 0 Å². The second-order valence-corrected chi connectivity index (χ2v) is 1.95. The molecule has 2 N–H and O–H groups in total. The van der Waals surface area contributed by atoms with Crippen molar-refractivity contribution in [2.45, 2.75) is 6.92 Å². The van der Waals surface area contributed by atoms with Gasteiger partial charge >= 0.3 is 0 Å². The first kappa shape index (κ1) is 8.32. The Balaban J connectivity index is 2.85. The summed E-state index contributed by atoms with van der Waals surface area (Å²) in [6.45, 7) is 1.76. The van der Waals surface area contributed by atoms with Gasteiger partial charge in [-0.25, -0.2) is 4.98 Å². The Kier molecular flexibility index (Phi) is 2.89. The Morgan fingerprint density at radius 1 is 1.58 bits per heavy atom. The van der Waals surface area contributed by atoms with E-state index in [2.05, 4.69) is 20.2 Å². The SMILES string of the molecule is C/C=N/N=C(\N)c1cnccn1. The molecule has 0 atom stereocenters. The van der Waals surface area contributed by atoms with Crippen LogP contribution >= 0.6 is 0 Å². The van der Waals surface area contributed by atoms with E-state index in [1.165, 1.54) is 6.20 Å². The average Bonchev–Trinajstić information content (AvgIpc) is 2.15. The van der Waals surface area contributed by atoms with Crippen molar-refractivity contribution in [1.29, 1.82) is 0 Å². The number of nitrogens with two attached hydrogens (primary N) is 1. The monoisotopic (exact) mass is 163 g/mol. The van der Waals surface area contributed by atoms with Crippen LogP contribution in [-0.2, 0) is 0 Å². The van der Waals surface area contributed by atoms with Gasteiger partial charge in [0.25, 0.3) is 0 Å². The van der Waals surface area contributed by atoms with Crippen molar-refractivity contribution in [2.24, 2.45) is 15.9 Å². The zero-order valence-electron chi connectivity index (χ0n) is 6.68. The molecular formula is C7H9N5. The number of nitrogens with zero attached hydrogens (tertiary/aromatic N) is 4. The molecule has 0 aliphatic heterocycles. The summed E-state index contributed by atoms with van der Waals surface area (Å²) in [6.07, 6.45) is 6.19. The van der Waals surface area contributed by atoms with Gasteiger partial charge in [-0.1, -0.05) is 0 Å². The first-order valence-corrected chi connectivity index (χ1v) is 3.42.